The molecule has 3 nitrogen and oxygen atoms in total. The van der Waals surface area contributed by atoms with Crippen molar-refractivity contribution in [2.24, 2.45) is 5.92 Å². The minimum absolute atomic E-state index is 0.0434. The minimum atomic E-state index is -2.88. The van der Waals surface area contributed by atoms with Crippen molar-refractivity contribution in [2.75, 3.05) is 13.2 Å². The monoisotopic (exact) mass is 726 g/mol. The van der Waals surface area contributed by atoms with Crippen LogP contribution in [0.15, 0.2) is 42.5 Å². The fourth-order valence-electron chi connectivity index (χ4n) is 4.14. The lowest BCUT2D eigenvalue weighted by Crippen LogP contribution is -2.45. The van der Waals surface area contributed by atoms with Crippen LogP contribution in [0, 0.1) is 5.92 Å². The fourth-order valence-corrected chi connectivity index (χ4v) is 6.53. The van der Waals surface area contributed by atoms with Gasteiger partial charge in [0, 0.05) is 10.9 Å². The predicted octanol–water partition coefficient (Wildman–Crippen LogP) is 8.75. The van der Waals surface area contributed by atoms with E-state index in [1.54, 1.807) is 12.1 Å². The van der Waals surface area contributed by atoms with Gasteiger partial charge in [-0.3, -0.25) is 0 Å². The van der Waals surface area contributed by atoms with E-state index in [2.05, 4.69) is 44.1 Å². The van der Waals surface area contributed by atoms with Gasteiger partial charge in [-0.25, -0.2) is 8.78 Å². The number of hydrogen-bond donors (Lipinski definition) is 0. The van der Waals surface area contributed by atoms with Crippen LogP contribution in [0.1, 0.15) is 42.4 Å². The Bertz CT molecular complexity index is 877. The molecule has 0 amide bonds. The molecule has 1 aliphatic rings. The molecular formula is C22H25ClF2I2O3P2. The van der Waals surface area contributed by atoms with Crippen LogP contribution in [0.4, 0.5) is 8.78 Å². The second kappa shape index (κ2) is 13.1. The highest BCUT2D eigenvalue weighted by Crippen LogP contribution is 2.51. The first-order chi connectivity index (χ1) is 15.4. The minimum Gasteiger partial charge on any atom is -0.494 e. The molecule has 1 saturated carbocycles. The van der Waals surface area contributed by atoms with Gasteiger partial charge in [0.15, 0.2) is 0 Å². The second-order valence-electron chi connectivity index (χ2n) is 7.71. The van der Waals surface area contributed by atoms with Gasteiger partial charge in [0.05, 0.1) is 38.1 Å². The first-order valence-electron chi connectivity index (χ1n) is 10.3. The molecule has 0 radical (unpaired) electrons. The molecule has 10 heteroatoms. The van der Waals surface area contributed by atoms with Crippen molar-refractivity contribution in [3.8, 4) is 5.75 Å². The molecule has 0 heterocycles. The van der Waals surface area contributed by atoms with Crippen molar-refractivity contribution in [3.05, 3.63) is 64.2 Å². The topological polar surface area (TPSA) is 27.7 Å². The first-order valence-corrected chi connectivity index (χ1v) is 18.7. The summed E-state index contributed by atoms with van der Waals surface area (Å²) in [5.74, 6) is -3.88. The Morgan fingerprint density at radius 2 is 1.84 bits per heavy atom. The lowest BCUT2D eigenvalue weighted by Gasteiger charge is -2.41. The molecule has 5 atom stereocenters. The Morgan fingerprint density at radius 1 is 1.09 bits per heavy atom. The second-order valence-corrected chi connectivity index (χ2v) is 11.6. The zero-order valence-electron chi connectivity index (χ0n) is 17.4. The molecule has 0 aliphatic heterocycles. The summed E-state index contributed by atoms with van der Waals surface area (Å²) in [5.41, 5.74) is 2.49. The molecule has 5 unspecified atom stereocenters. The number of hydrogen-bond acceptors (Lipinski definition) is 3. The molecule has 0 N–H and O–H groups in total. The van der Waals surface area contributed by atoms with Gasteiger partial charge >= 0.3 is 0 Å². The maximum absolute atomic E-state index is 15.6. The maximum atomic E-state index is 15.6. The molecule has 1 fully saturated rings. The van der Waals surface area contributed by atoms with E-state index in [0.29, 0.717) is 30.0 Å². The number of ether oxygens (including phenoxy) is 1. The normalized spacial score (nSPS) is 23.4. The zero-order valence-corrected chi connectivity index (χ0v) is 24.5. The van der Waals surface area contributed by atoms with Gasteiger partial charge in [-0.05, 0) is 105 Å². The van der Waals surface area contributed by atoms with Crippen LogP contribution in [0.2, 0.25) is 5.02 Å². The molecular weight excluding hydrogens is 701 g/mol. The Labute approximate surface area is 222 Å². The summed E-state index contributed by atoms with van der Waals surface area (Å²) in [6.07, 6.45) is 0.962. The molecule has 2 aromatic rings. The molecule has 1 aliphatic carbocycles. The third-order valence-corrected chi connectivity index (χ3v) is 8.47. The highest BCUT2D eigenvalue weighted by molar-refractivity contribution is 14.2. The highest BCUT2D eigenvalue weighted by atomic mass is 127. The van der Waals surface area contributed by atoms with E-state index in [9.17, 15) is 0 Å². The summed E-state index contributed by atoms with van der Waals surface area (Å²) >= 11 is 10.7. The largest absolute Gasteiger partial charge is 0.494 e. The van der Waals surface area contributed by atoms with Crippen molar-refractivity contribution >= 4 is 68.6 Å². The average Bonchev–Trinajstić information content (AvgIpc) is 2.77. The third kappa shape index (κ3) is 7.08. The maximum Gasteiger partial charge on any atom is 0.260 e. The van der Waals surface area contributed by atoms with Crippen LogP contribution in [-0.2, 0) is 15.5 Å². The highest BCUT2D eigenvalue weighted by Gasteiger charge is 2.53. The molecule has 0 spiro atoms. The van der Waals surface area contributed by atoms with Gasteiger partial charge in [-0.1, -0.05) is 35.9 Å². The van der Waals surface area contributed by atoms with Crippen LogP contribution in [0.3, 0.4) is 0 Å². The van der Waals surface area contributed by atoms with Crippen molar-refractivity contribution in [3.63, 3.8) is 0 Å². The lowest BCUT2D eigenvalue weighted by atomic mass is 9.73. The van der Waals surface area contributed by atoms with Crippen LogP contribution < -0.4 is 4.74 Å². The van der Waals surface area contributed by atoms with E-state index in [-0.39, 0.29) is 32.0 Å². The summed E-state index contributed by atoms with van der Waals surface area (Å²) in [5, 5.41) is 0.578. The van der Waals surface area contributed by atoms with Gasteiger partial charge in [0.2, 0.25) is 0 Å². The zero-order chi connectivity index (χ0) is 23.1. The van der Waals surface area contributed by atoms with Gasteiger partial charge in [0.1, 0.15) is 5.75 Å². The Kier molecular flexibility index (Phi) is 11.1. The molecule has 2 aromatic carbocycles. The van der Waals surface area contributed by atoms with E-state index < -0.39 is 17.8 Å². The summed E-state index contributed by atoms with van der Waals surface area (Å²) in [7, 11) is 0. The predicted molar refractivity (Wildman–Crippen MR) is 148 cm³/mol. The fraction of sp³-hybridized carbons (Fsp3) is 0.455. The Morgan fingerprint density at radius 3 is 2.50 bits per heavy atom. The van der Waals surface area contributed by atoms with Crippen LogP contribution in [0.5, 0.6) is 5.75 Å². The van der Waals surface area contributed by atoms with Crippen LogP contribution >= 0.6 is 68.6 Å². The van der Waals surface area contributed by atoms with Gasteiger partial charge in [-0.2, -0.15) is 0 Å². The number of halogens is 5. The first kappa shape index (κ1) is 27.2. The summed E-state index contributed by atoms with van der Waals surface area (Å²) in [4.78, 5) is 0. The molecule has 176 valence electrons. The average molecular weight is 727 g/mol. The van der Waals surface area contributed by atoms with E-state index in [4.69, 9.17) is 25.4 Å². The van der Waals surface area contributed by atoms with Gasteiger partial charge in [0.25, 0.3) is 5.92 Å². The summed E-state index contributed by atoms with van der Waals surface area (Å²) < 4.78 is 47.8. The standard InChI is InChI=1S/C22H25ClF2I2O3P2/c1-2-28-18-6-3-14(4-7-18)9-16-10-15(5-8-21(16)23)20-12-19(30-32-27)11-17(13-29-31-26)22(20,24)25/h3-8,10,17,19-20,31-32H,2,9,11-13H2,1H3. The van der Waals surface area contributed by atoms with Crippen molar-refractivity contribution in [1.29, 1.82) is 0 Å². The van der Waals surface area contributed by atoms with Crippen molar-refractivity contribution < 1.29 is 22.6 Å². The smallest absolute Gasteiger partial charge is 0.260 e. The summed E-state index contributed by atoms with van der Waals surface area (Å²) in [6.45, 7) is 2.99. The van der Waals surface area contributed by atoms with E-state index in [1.165, 1.54) is 0 Å². The van der Waals surface area contributed by atoms with Gasteiger partial charge in [-0.15, -0.1) is 0 Å². The SMILES string of the molecule is CCOc1ccc(Cc2cc(C3CC(OPI)CC(COPI)C3(F)F)ccc2Cl)cc1. The van der Waals surface area contributed by atoms with Crippen LogP contribution in [0.25, 0.3) is 0 Å². The van der Waals surface area contributed by atoms with Crippen molar-refractivity contribution in [2.45, 2.75) is 44.1 Å². The number of alkyl halides is 2. The van der Waals surface area contributed by atoms with Crippen molar-refractivity contribution in [1.82, 2.24) is 0 Å². The Balaban J connectivity index is 1.86. The lowest BCUT2D eigenvalue weighted by molar-refractivity contribution is -0.133. The molecule has 32 heavy (non-hydrogen) atoms. The quantitative estimate of drug-likeness (QED) is 0.181. The van der Waals surface area contributed by atoms with E-state index in [0.717, 1.165) is 16.9 Å². The Hall–Kier alpha value is 0.630. The van der Waals surface area contributed by atoms with E-state index >= 15 is 8.78 Å². The van der Waals surface area contributed by atoms with Crippen LogP contribution in [-0.4, -0.2) is 25.2 Å². The number of rotatable bonds is 10. The third-order valence-electron chi connectivity index (χ3n) is 5.71. The van der Waals surface area contributed by atoms with Gasteiger partial charge < -0.3 is 13.8 Å². The molecule has 0 saturated heterocycles. The summed E-state index contributed by atoms with van der Waals surface area (Å²) in [6, 6.07) is 13.1. The van der Waals surface area contributed by atoms with E-state index in [1.807, 2.05) is 37.3 Å². The molecule has 0 aromatic heterocycles. The number of benzene rings is 2. The molecule has 0 bridgehead atoms. The molecule has 3 rings (SSSR count).